The van der Waals surface area contributed by atoms with Crippen LogP contribution in [0.1, 0.15) is 94.3 Å². The van der Waals surface area contributed by atoms with E-state index in [1.54, 1.807) is 24.3 Å². The van der Waals surface area contributed by atoms with Crippen molar-refractivity contribution in [3.8, 4) is 5.75 Å². The smallest absolute Gasteiger partial charge is 0.314 e. The first-order chi connectivity index (χ1) is 13.7. The molecule has 0 N–H and O–H groups in total. The van der Waals surface area contributed by atoms with Gasteiger partial charge in [-0.3, -0.25) is 9.59 Å². The number of benzene rings is 1. The van der Waals surface area contributed by atoms with Crippen molar-refractivity contribution in [2.24, 2.45) is 23.7 Å². The maximum atomic E-state index is 12.5. The summed E-state index contributed by atoms with van der Waals surface area (Å²) in [5, 5.41) is 0. The van der Waals surface area contributed by atoms with Crippen LogP contribution < -0.4 is 4.74 Å². The molecule has 1 aromatic rings. The number of carbonyl (C=O) groups excluding carboxylic acids is 2. The molecule has 0 spiro atoms. The minimum absolute atomic E-state index is 0.0346. The van der Waals surface area contributed by atoms with Crippen LogP contribution in [0.15, 0.2) is 24.3 Å². The molecule has 0 bridgehead atoms. The molecule has 0 aliphatic heterocycles. The van der Waals surface area contributed by atoms with Gasteiger partial charge in [-0.2, -0.15) is 0 Å². The summed E-state index contributed by atoms with van der Waals surface area (Å²) in [7, 11) is 0. The number of hydrogen-bond donors (Lipinski definition) is 0. The number of unbranched alkanes of at least 4 members (excludes halogenated alkanes) is 2. The van der Waals surface area contributed by atoms with Crippen LogP contribution in [0.25, 0.3) is 0 Å². The Morgan fingerprint density at radius 1 is 0.929 bits per heavy atom. The second-order valence-corrected chi connectivity index (χ2v) is 9.00. The molecule has 3 nitrogen and oxygen atoms in total. The molecule has 0 aromatic heterocycles. The third-order valence-electron chi connectivity index (χ3n) is 7.11. The van der Waals surface area contributed by atoms with E-state index in [2.05, 4.69) is 6.92 Å². The SMILES string of the molecule is CCCCCC1CCC(C2CCC(C(=O)Oc3ccc(C=O)cc3)CC2)CC1. The molecule has 0 radical (unpaired) electrons. The van der Waals surface area contributed by atoms with E-state index in [0.717, 1.165) is 36.9 Å². The van der Waals surface area contributed by atoms with Gasteiger partial charge in [-0.25, -0.2) is 0 Å². The minimum Gasteiger partial charge on any atom is -0.426 e. The van der Waals surface area contributed by atoms with E-state index < -0.39 is 0 Å². The molecule has 3 rings (SSSR count). The van der Waals surface area contributed by atoms with Crippen molar-refractivity contribution < 1.29 is 14.3 Å². The maximum Gasteiger partial charge on any atom is 0.314 e. The average Bonchev–Trinajstić information content (AvgIpc) is 2.75. The largest absolute Gasteiger partial charge is 0.426 e. The zero-order valence-corrected chi connectivity index (χ0v) is 17.4. The zero-order valence-electron chi connectivity index (χ0n) is 17.4. The van der Waals surface area contributed by atoms with Gasteiger partial charge in [0.1, 0.15) is 12.0 Å². The summed E-state index contributed by atoms with van der Waals surface area (Å²) in [5.74, 6) is 3.14. The normalized spacial score (nSPS) is 27.9. The summed E-state index contributed by atoms with van der Waals surface area (Å²) in [6.45, 7) is 2.28. The van der Waals surface area contributed by atoms with Gasteiger partial charge >= 0.3 is 5.97 Å². The van der Waals surface area contributed by atoms with Gasteiger partial charge in [-0.05, 0) is 80.5 Å². The Bertz CT molecular complexity index is 605. The topological polar surface area (TPSA) is 43.4 Å². The molecule has 0 unspecified atom stereocenters. The number of ether oxygens (including phenoxy) is 1. The molecule has 2 aliphatic carbocycles. The molecule has 0 atom stereocenters. The van der Waals surface area contributed by atoms with E-state index in [-0.39, 0.29) is 11.9 Å². The zero-order chi connectivity index (χ0) is 19.8. The van der Waals surface area contributed by atoms with Crippen LogP contribution in [0.4, 0.5) is 0 Å². The highest BCUT2D eigenvalue weighted by Gasteiger charge is 2.33. The Hall–Kier alpha value is -1.64. The second kappa shape index (κ2) is 10.8. The Kier molecular flexibility index (Phi) is 8.12. The summed E-state index contributed by atoms with van der Waals surface area (Å²) in [6.07, 6.45) is 16.3. The molecule has 2 aliphatic rings. The number of hydrogen-bond acceptors (Lipinski definition) is 3. The summed E-state index contributed by atoms with van der Waals surface area (Å²) in [6, 6.07) is 6.77. The Morgan fingerprint density at radius 2 is 1.54 bits per heavy atom. The Labute approximate surface area is 170 Å². The van der Waals surface area contributed by atoms with Gasteiger partial charge in [-0.1, -0.05) is 45.4 Å². The van der Waals surface area contributed by atoms with Gasteiger partial charge in [-0.15, -0.1) is 0 Å². The molecule has 0 saturated heterocycles. The highest BCUT2D eigenvalue weighted by Crippen LogP contribution is 2.42. The summed E-state index contributed by atoms with van der Waals surface area (Å²) >= 11 is 0. The molecule has 0 heterocycles. The predicted octanol–water partition coefficient (Wildman–Crippen LogP) is 6.60. The van der Waals surface area contributed by atoms with Crippen molar-refractivity contribution in [2.75, 3.05) is 0 Å². The van der Waals surface area contributed by atoms with Crippen LogP contribution in [-0.2, 0) is 4.79 Å². The van der Waals surface area contributed by atoms with Crippen molar-refractivity contribution in [1.29, 1.82) is 0 Å². The lowest BCUT2D eigenvalue weighted by Crippen LogP contribution is -2.30. The van der Waals surface area contributed by atoms with E-state index in [9.17, 15) is 9.59 Å². The van der Waals surface area contributed by atoms with Crippen molar-refractivity contribution in [1.82, 2.24) is 0 Å². The number of rotatable bonds is 8. The van der Waals surface area contributed by atoms with E-state index in [1.807, 2.05) is 0 Å². The lowest BCUT2D eigenvalue weighted by Gasteiger charge is -2.37. The van der Waals surface area contributed by atoms with Gasteiger partial charge in [0, 0.05) is 5.56 Å². The maximum absolute atomic E-state index is 12.5. The molecule has 154 valence electrons. The molecular formula is C25H36O3. The van der Waals surface area contributed by atoms with E-state index in [1.165, 1.54) is 64.2 Å². The summed E-state index contributed by atoms with van der Waals surface area (Å²) in [5.41, 5.74) is 0.598. The molecule has 2 fully saturated rings. The highest BCUT2D eigenvalue weighted by molar-refractivity contribution is 5.77. The van der Waals surface area contributed by atoms with Crippen molar-refractivity contribution in [3.63, 3.8) is 0 Å². The predicted molar refractivity (Wildman–Crippen MR) is 113 cm³/mol. The lowest BCUT2D eigenvalue weighted by molar-refractivity contribution is -0.140. The Balaban J connectivity index is 1.38. The number of aldehydes is 1. The first-order valence-corrected chi connectivity index (χ1v) is 11.5. The van der Waals surface area contributed by atoms with Gasteiger partial charge < -0.3 is 4.74 Å². The monoisotopic (exact) mass is 384 g/mol. The molecular weight excluding hydrogens is 348 g/mol. The van der Waals surface area contributed by atoms with E-state index in [0.29, 0.717) is 11.3 Å². The fourth-order valence-electron chi connectivity index (χ4n) is 5.27. The summed E-state index contributed by atoms with van der Waals surface area (Å²) in [4.78, 5) is 23.2. The molecule has 1 aromatic carbocycles. The van der Waals surface area contributed by atoms with Crippen LogP contribution in [0, 0.1) is 23.7 Å². The first-order valence-electron chi connectivity index (χ1n) is 11.5. The quantitative estimate of drug-likeness (QED) is 0.219. The molecule has 0 amide bonds. The number of esters is 1. The number of carbonyl (C=O) groups is 2. The van der Waals surface area contributed by atoms with Crippen LogP contribution in [0.5, 0.6) is 5.75 Å². The lowest BCUT2D eigenvalue weighted by atomic mass is 9.68. The fourth-order valence-corrected chi connectivity index (χ4v) is 5.27. The Morgan fingerprint density at radius 3 is 2.11 bits per heavy atom. The van der Waals surface area contributed by atoms with Crippen LogP contribution in [-0.4, -0.2) is 12.3 Å². The standard InChI is InChI=1S/C25H36O3/c1-2-3-4-5-19-6-10-21(11-7-19)22-12-14-23(15-13-22)25(27)28-24-16-8-20(18-26)9-17-24/h8-9,16-19,21-23H,2-7,10-15H2,1H3. The molecule has 2 saturated carbocycles. The minimum atomic E-state index is -0.100. The first kappa shape index (κ1) is 21.1. The third-order valence-corrected chi connectivity index (χ3v) is 7.11. The molecule has 3 heteroatoms. The fraction of sp³-hybridized carbons (Fsp3) is 0.680. The van der Waals surface area contributed by atoms with Gasteiger partial charge in [0.05, 0.1) is 5.92 Å². The van der Waals surface area contributed by atoms with Gasteiger partial charge in [0.2, 0.25) is 0 Å². The van der Waals surface area contributed by atoms with Gasteiger partial charge in [0.25, 0.3) is 0 Å². The third kappa shape index (κ3) is 5.93. The van der Waals surface area contributed by atoms with Crippen LogP contribution >= 0.6 is 0 Å². The van der Waals surface area contributed by atoms with Gasteiger partial charge in [0.15, 0.2) is 0 Å². The van der Waals surface area contributed by atoms with E-state index in [4.69, 9.17) is 4.74 Å². The summed E-state index contributed by atoms with van der Waals surface area (Å²) < 4.78 is 5.54. The highest BCUT2D eigenvalue weighted by atomic mass is 16.5. The van der Waals surface area contributed by atoms with Crippen molar-refractivity contribution in [3.05, 3.63) is 29.8 Å². The van der Waals surface area contributed by atoms with Crippen molar-refractivity contribution in [2.45, 2.75) is 84.0 Å². The average molecular weight is 385 g/mol. The van der Waals surface area contributed by atoms with Crippen LogP contribution in [0.2, 0.25) is 0 Å². The van der Waals surface area contributed by atoms with Crippen LogP contribution in [0.3, 0.4) is 0 Å². The van der Waals surface area contributed by atoms with E-state index >= 15 is 0 Å². The second-order valence-electron chi connectivity index (χ2n) is 9.00. The van der Waals surface area contributed by atoms with Crippen molar-refractivity contribution >= 4 is 12.3 Å². The molecule has 28 heavy (non-hydrogen) atoms.